The molecular weight excluding hydrogens is 246 g/mol. The molecule has 3 nitrogen and oxygen atoms in total. The zero-order chi connectivity index (χ0) is 12.8. The highest BCUT2D eigenvalue weighted by Crippen LogP contribution is 2.37. The van der Waals surface area contributed by atoms with E-state index in [0.29, 0.717) is 18.8 Å². The summed E-state index contributed by atoms with van der Waals surface area (Å²) in [6.45, 7) is 0.0838. The molecule has 100 valence electrons. The summed E-state index contributed by atoms with van der Waals surface area (Å²) in [5, 5.41) is 14.0. The second-order valence-corrected chi connectivity index (χ2v) is 5.91. The Morgan fingerprint density at radius 1 is 1.50 bits per heavy atom. The maximum Gasteiger partial charge on any atom is 0.220 e. The first-order valence-corrected chi connectivity index (χ1v) is 7.63. The number of aliphatic hydroxyl groups is 1. The lowest BCUT2D eigenvalue weighted by Gasteiger charge is -2.23. The van der Waals surface area contributed by atoms with Gasteiger partial charge in [-0.15, -0.1) is 11.3 Å². The monoisotopic (exact) mass is 267 g/mol. The van der Waals surface area contributed by atoms with Gasteiger partial charge in [0, 0.05) is 17.9 Å². The summed E-state index contributed by atoms with van der Waals surface area (Å²) in [5.74, 6) is 0.649. The second kappa shape index (κ2) is 6.90. The summed E-state index contributed by atoms with van der Waals surface area (Å²) in [4.78, 5) is 13.1. The summed E-state index contributed by atoms with van der Waals surface area (Å²) in [7, 11) is 0. The van der Waals surface area contributed by atoms with Crippen LogP contribution in [0.2, 0.25) is 0 Å². The van der Waals surface area contributed by atoms with Crippen LogP contribution >= 0.6 is 11.3 Å². The SMILES string of the molecule is O=C(CCCO)NC(c1cccs1)C1CCCC1. The minimum absolute atomic E-state index is 0.0642. The molecule has 2 N–H and O–H groups in total. The van der Waals surface area contributed by atoms with Gasteiger partial charge in [0.2, 0.25) is 5.91 Å². The van der Waals surface area contributed by atoms with Gasteiger partial charge in [-0.05, 0) is 36.6 Å². The Kier molecular flexibility index (Phi) is 5.20. The fourth-order valence-corrected chi connectivity index (χ4v) is 3.53. The number of hydrogen-bond donors (Lipinski definition) is 2. The topological polar surface area (TPSA) is 49.3 Å². The second-order valence-electron chi connectivity index (χ2n) is 4.93. The van der Waals surface area contributed by atoms with Crippen molar-refractivity contribution < 1.29 is 9.90 Å². The maximum atomic E-state index is 11.8. The molecule has 1 aliphatic carbocycles. The van der Waals surface area contributed by atoms with Crippen LogP contribution < -0.4 is 5.32 Å². The van der Waals surface area contributed by atoms with Crippen LogP contribution in [-0.2, 0) is 4.79 Å². The summed E-state index contributed by atoms with van der Waals surface area (Å²) in [5.41, 5.74) is 0. The lowest BCUT2D eigenvalue weighted by molar-refractivity contribution is -0.122. The number of aliphatic hydroxyl groups excluding tert-OH is 1. The van der Waals surface area contributed by atoms with Gasteiger partial charge in [-0.3, -0.25) is 4.79 Å². The van der Waals surface area contributed by atoms with Crippen LogP contribution in [-0.4, -0.2) is 17.6 Å². The lowest BCUT2D eigenvalue weighted by Crippen LogP contribution is -2.32. The quantitative estimate of drug-likeness (QED) is 0.832. The van der Waals surface area contributed by atoms with Crippen molar-refractivity contribution in [2.24, 2.45) is 5.92 Å². The molecule has 1 aliphatic rings. The van der Waals surface area contributed by atoms with Gasteiger partial charge in [0.05, 0.1) is 6.04 Å². The van der Waals surface area contributed by atoms with Crippen molar-refractivity contribution in [3.63, 3.8) is 0 Å². The fourth-order valence-electron chi connectivity index (χ4n) is 2.67. The first-order chi connectivity index (χ1) is 8.81. The number of carbonyl (C=O) groups excluding carboxylic acids is 1. The average molecular weight is 267 g/mol. The predicted molar refractivity (Wildman–Crippen MR) is 73.5 cm³/mol. The van der Waals surface area contributed by atoms with E-state index >= 15 is 0 Å². The molecule has 1 fully saturated rings. The van der Waals surface area contributed by atoms with Crippen LogP contribution in [0.15, 0.2) is 17.5 Å². The number of hydrogen-bond acceptors (Lipinski definition) is 3. The highest BCUT2D eigenvalue weighted by Gasteiger charge is 2.28. The van der Waals surface area contributed by atoms with Gasteiger partial charge in [-0.1, -0.05) is 18.9 Å². The highest BCUT2D eigenvalue weighted by atomic mass is 32.1. The molecule has 0 saturated heterocycles. The molecule has 1 atom stereocenters. The van der Waals surface area contributed by atoms with E-state index in [0.717, 1.165) is 0 Å². The largest absolute Gasteiger partial charge is 0.396 e. The van der Waals surface area contributed by atoms with Gasteiger partial charge < -0.3 is 10.4 Å². The zero-order valence-electron chi connectivity index (χ0n) is 10.6. The van der Waals surface area contributed by atoms with Crippen molar-refractivity contribution in [1.29, 1.82) is 0 Å². The van der Waals surface area contributed by atoms with Crippen molar-refractivity contribution in [3.05, 3.63) is 22.4 Å². The molecule has 2 rings (SSSR count). The molecule has 0 spiro atoms. The van der Waals surface area contributed by atoms with E-state index in [2.05, 4.69) is 16.8 Å². The Morgan fingerprint density at radius 2 is 2.28 bits per heavy atom. The van der Waals surface area contributed by atoms with E-state index in [4.69, 9.17) is 5.11 Å². The van der Waals surface area contributed by atoms with Gasteiger partial charge >= 0.3 is 0 Å². The summed E-state index contributed by atoms with van der Waals surface area (Å²) in [6, 6.07) is 4.33. The van der Waals surface area contributed by atoms with Crippen molar-refractivity contribution >= 4 is 17.2 Å². The van der Waals surface area contributed by atoms with Crippen LogP contribution in [0.25, 0.3) is 0 Å². The van der Waals surface area contributed by atoms with E-state index in [-0.39, 0.29) is 18.6 Å². The van der Waals surface area contributed by atoms with Gasteiger partial charge in [0.15, 0.2) is 0 Å². The lowest BCUT2D eigenvalue weighted by atomic mass is 9.96. The number of thiophene rings is 1. The molecular formula is C14H21NO2S. The van der Waals surface area contributed by atoms with Crippen LogP contribution in [0.4, 0.5) is 0 Å². The third kappa shape index (κ3) is 3.56. The molecule has 0 aliphatic heterocycles. The molecule has 1 heterocycles. The Hall–Kier alpha value is -0.870. The number of rotatable bonds is 6. The Balaban J connectivity index is 1.98. The third-order valence-corrected chi connectivity index (χ3v) is 4.55. The maximum absolute atomic E-state index is 11.8. The Labute approximate surface area is 112 Å². The van der Waals surface area contributed by atoms with Crippen LogP contribution in [0.1, 0.15) is 49.4 Å². The van der Waals surface area contributed by atoms with E-state index in [1.54, 1.807) is 11.3 Å². The van der Waals surface area contributed by atoms with Gasteiger partial charge in [0.25, 0.3) is 0 Å². The summed E-state index contributed by atoms with van der Waals surface area (Å²) < 4.78 is 0. The normalized spacial score (nSPS) is 17.8. The van der Waals surface area contributed by atoms with Gasteiger partial charge in [0.1, 0.15) is 0 Å². The highest BCUT2D eigenvalue weighted by molar-refractivity contribution is 7.10. The van der Waals surface area contributed by atoms with E-state index in [9.17, 15) is 4.79 Å². The van der Waals surface area contributed by atoms with E-state index in [1.807, 2.05) is 6.07 Å². The van der Waals surface area contributed by atoms with Crippen molar-refractivity contribution in [2.45, 2.75) is 44.6 Å². The van der Waals surface area contributed by atoms with Crippen molar-refractivity contribution in [2.75, 3.05) is 6.61 Å². The van der Waals surface area contributed by atoms with Gasteiger partial charge in [-0.25, -0.2) is 0 Å². The Morgan fingerprint density at radius 3 is 2.89 bits per heavy atom. The van der Waals surface area contributed by atoms with Crippen molar-refractivity contribution in [1.82, 2.24) is 5.32 Å². The molecule has 1 aromatic heterocycles. The zero-order valence-corrected chi connectivity index (χ0v) is 11.4. The molecule has 18 heavy (non-hydrogen) atoms. The first-order valence-electron chi connectivity index (χ1n) is 6.75. The molecule has 1 unspecified atom stereocenters. The standard InChI is InChI=1S/C14H21NO2S/c16-9-3-8-13(17)15-14(11-5-1-2-6-11)12-7-4-10-18-12/h4,7,10-11,14,16H,1-3,5-6,8-9H2,(H,15,17). The van der Waals surface area contributed by atoms with Crippen LogP contribution in [0.5, 0.6) is 0 Å². The molecule has 0 bridgehead atoms. The molecule has 1 saturated carbocycles. The van der Waals surface area contributed by atoms with E-state index in [1.165, 1.54) is 30.6 Å². The predicted octanol–water partition coefficient (Wildman–Crippen LogP) is 2.87. The van der Waals surface area contributed by atoms with E-state index < -0.39 is 0 Å². The molecule has 1 aromatic rings. The molecule has 0 radical (unpaired) electrons. The van der Waals surface area contributed by atoms with Gasteiger partial charge in [-0.2, -0.15) is 0 Å². The molecule has 0 aromatic carbocycles. The number of nitrogens with one attached hydrogen (secondary N) is 1. The fraction of sp³-hybridized carbons (Fsp3) is 0.643. The minimum Gasteiger partial charge on any atom is -0.396 e. The first kappa shape index (κ1) is 13.6. The third-order valence-electron chi connectivity index (χ3n) is 3.60. The Bertz CT molecular complexity index is 358. The molecule has 1 amide bonds. The number of amides is 1. The summed E-state index contributed by atoms with van der Waals surface area (Å²) >= 11 is 1.72. The average Bonchev–Trinajstić information content (AvgIpc) is 3.05. The molecule has 4 heteroatoms. The summed E-state index contributed by atoms with van der Waals surface area (Å²) in [6.07, 6.45) is 5.95. The van der Waals surface area contributed by atoms with Crippen molar-refractivity contribution in [3.8, 4) is 0 Å². The minimum atomic E-state index is 0.0642. The smallest absolute Gasteiger partial charge is 0.220 e. The van der Waals surface area contributed by atoms with Crippen LogP contribution in [0, 0.1) is 5.92 Å². The number of carbonyl (C=O) groups is 1. The van der Waals surface area contributed by atoms with Crippen LogP contribution in [0.3, 0.4) is 0 Å².